The highest BCUT2D eigenvalue weighted by Gasteiger charge is 2.15. The maximum atomic E-state index is 5.77. The first-order chi connectivity index (χ1) is 6.86. The number of aromatic nitrogens is 1. The molecule has 0 amide bonds. The van der Waals surface area contributed by atoms with Crippen molar-refractivity contribution in [3.05, 3.63) is 22.8 Å². The van der Waals surface area contributed by atoms with Gasteiger partial charge in [-0.1, -0.05) is 0 Å². The Bertz CT molecular complexity index is 300. The van der Waals surface area contributed by atoms with Gasteiger partial charge < -0.3 is 10.1 Å². The fourth-order valence-electron chi connectivity index (χ4n) is 1.54. The highest BCUT2D eigenvalue weighted by atomic mass is 79.9. The number of rotatable bonds is 2. The van der Waals surface area contributed by atoms with Gasteiger partial charge in [0.25, 0.3) is 0 Å². The summed E-state index contributed by atoms with van der Waals surface area (Å²) in [4.78, 5) is 4.18. The van der Waals surface area contributed by atoms with Crippen LogP contribution in [0.2, 0.25) is 0 Å². The van der Waals surface area contributed by atoms with Gasteiger partial charge in [-0.3, -0.25) is 0 Å². The molecule has 1 N–H and O–H groups in total. The van der Waals surface area contributed by atoms with E-state index >= 15 is 0 Å². The largest absolute Gasteiger partial charge is 0.472 e. The van der Waals surface area contributed by atoms with Crippen molar-refractivity contribution in [2.75, 3.05) is 13.1 Å². The van der Waals surface area contributed by atoms with Gasteiger partial charge in [0.2, 0.25) is 5.88 Å². The maximum Gasteiger partial charge on any atom is 0.228 e. The third-order valence-corrected chi connectivity index (χ3v) is 2.86. The number of nitrogens with one attached hydrogen (secondary N) is 1. The minimum atomic E-state index is 0.259. The molecule has 0 saturated carbocycles. The Kier molecular flexibility index (Phi) is 3.37. The minimum absolute atomic E-state index is 0.259. The highest BCUT2D eigenvalue weighted by Crippen LogP contribution is 2.23. The second-order valence-electron chi connectivity index (χ2n) is 3.38. The van der Waals surface area contributed by atoms with Crippen LogP contribution in [0, 0.1) is 0 Å². The van der Waals surface area contributed by atoms with Crippen molar-refractivity contribution in [3.63, 3.8) is 0 Å². The third-order valence-electron chi connectivity index (χ3n) is 2.25. The minimum Gasteiger partial charge on any atom is -0.472 e. The molecule has 0 spiro atoms. The van der Waals surface area contributed by atoms with Gasteiger partial charge in [0.15, 0.2) is 0 Å². The predicted octanol–water partition coefficient (Wildman–Crippen LogP) is 1.97. The molecule has 1 aliphatic heterocycles. The Morgan fingerprint density at radius 3 is 3.21 bits per heavy atom. The number of pyridine rings is 1. The van der Waals surface area contributed by atoms with Crippen LogP contribution in [0.25, 0.3) is 0 Å². The Balaban J connectivity index is 1.99. The SMILES string of the molecule is Brc1cccnc1O[C@H]1CCCNC1. The van der Waals surface area contributed by atoms with Gasteiger partial charge in [-0.25, -0.2) is 4.98 Å². The summed E-state index contributed by atoms with van der Waals surface area (Å²) >= 11 is 3.42. The molecule has 0 bridgehead atoms. The molecule has 4 heteroatoms. The van der Waals surface area contributed by atoms with E-state index in [0.29, 0.717) is 5.88 Å². The van der Waals surface area contributed by atoms with Crippen molar-refractivity contribution in [1.82, 2.24) is 10.3 Å². The standard InChI is InChI=1S/C10H13BrN2O/c11-9-4-2-6-13-10(9)14-8-3-1-5-12-7-8/h2,4,6,8,12H,1,3,5,7H2/t8-/m0/s1. The smallest absolute Gasteiger partial charge is 0.228 e. The maximum absolute atomic E-state index is 5.77. The van der Waals surface area contributed by atoms with Crippen LogP contribution in [0.15, 0.2) is 22.8 Å². The fraction of sp³-hybridized carbons (Fsp3) is 0.500. The molecule has 1 fully saturated rings. The van der Waals surface area contributed by atoms with E-state index in [9.17, 15) is 0 Å². The lowest BCUT2D eigenvalue weighted by Crippen LogP contribution is -2.37. The van der Waals surface area contributed by atoms with E-state index in [0.717, 1.165) is 24.0 Å². The van der Waals surface area contributed by atoms with E-state index in [-0.39, 0.29) is 6.10 Å². The van der Waals surface area contributed by atoms with Crippen LogP contribution in [-0.4, -0.2) is 24.2 Å². The summed E-state index contributed by atoms with van der Waals surface area (Å²) in [5.41, 5.74) is 0. The normalized spacial score (nSPS) is 21.9. The molecule has 1 aliphatic rings. The first-order valence-corrected chi connectivity index (χ1v) is 5.63. The zero-order chi connectivity index (χ0) is 9.80. The summed E-state index contributed by atoms with van der Waals surface area (Å²) in [5.74, 6) is 0.696. The van der Waals surface area contributed by atoms with Crippen LogP contribution in [0.1, 0.15) is 12.8 Å². The van der Waals surface area contributed by atoms with Crippen molar-refractivity contribution >= 4 is 15.9 Å². The summed E-state index contributed by atoms with van der Waals surface area (Å²) in [6.07, 6.45) is 4.29. The summed E-state index contributed by atoms with van der Waals surface area (Å²) in [5, 5.41) is 3.31. The summed E-state index contributed by atoms with van der Waals surface area (Å²) in [6, 6.07) is 3.83. The van der Waals surface area contributed by atoms with Gasteiger partial charge in [0.05, 0.1) is 4.47 Å². The molecular weight excluding hydrogens is 244 g/mol. The van der Waals surface area contributed by atoms with Crippen molar-refractivity contribution in [3.8, 4) is 5.88 Å². The summed E-state index contributed by atoms with van der Waals surface area (Å²) in [6.45, 7) is 2.02. The number of hydrogen-bond acceptors (Lipinski definition) is 3. The van der Waals surface area contributed by atoms with Crippen LogP contribution < -0.4 is 10.1 Å². The predicted molar refractivity (Wildman–Crippen MR) is 58.5 cm³/mol. The molecule has 76 valence electrons. The Labute approximate surface area is 92.0 Å². The average molecular weight is 257 g/mol. The molecule has 1 aromatic heterocycles. The van der Waals surface area contributed by atoms with Crippen molar-refractivity contribution in [2.24, 2.45) is 0 Å². The van der Waals surface area contributed by atoms with E-state index in [1.54, 1.807) is 6.20 Å². The van der Waals surface area contributed by atoms with Crippen molar-refractivity contribution in [1.29, 1.82) is 0 Å². The summed E-state index contributed by atoms with van der Waals surface area (Å²) in [7, 11) is 0. The lowest BCUT2D eigenvalue weighted by Gasteiger charge is -2.23. The molecule has 14 heavy (non-hydrogen) atoms. The first kappa shape index (κ1) is 9.93. The molecule has 0 radical (unpaired) electrons. The van der Waals surface area contributed by atoms with Crippen molar-refractivity contribution < 1.29 is 4.74 Å². The molecule has 0 aromatic carbocycles. The molecule has 3 nitrogen and oxygen atoms in total. The van der Waals surface area contributed by atoms with E-state index in [2.05, 4.69) is 26.2 Å². The molecule has 1 atom stereocenters. The zero-order valence-electron chi connectivity index (χ0n) is 7.87. The van der Waals surface area contributed by atoms with Gasteiger partial charge in [-0.05, 0) is 47.4 Å². The van der Waals surface area contributed by atoms with Gasteiger partial charge in [-0.15, -0.1) is 0 Å². The van der Waals surface area contributed by atoms with E-state index < -0.39 is 0 Å². The van der Waals surface area contributed by atoms with E-state index in [1.807, 2.05) is 12.1 Å². The number of hydrogen-bond donors (Lipinski definition) is 1. The monoisotopic (exact) mass is 256 g/mol. The molecule has 0 unspecified atom stereocenters. The van der Waals surface area contributed by atoms with Gasteiger partial charge in [0, 0.05) is 12.7 Å². The Morgan fingerprint density at radius 1 is 1.57 bits per heavy atom. The quantitative estimate of drug-likeness (QED) is 0.879. The molecule has 0 aliphatic carbocycles. The van der Waals surface area contributed by atoms with Crippen molar-refractivity contribution in [2.45, 2.75) is 18.9 Å². The lowest BCUT2D eigenvalue weighted by atomic mass is 10.1. The highest BCUT2D eigenvalue weighted by molar-refractivity contribution is 9.10. The molecule has 2 heterocycles. The number of nitrogens with zero attached hydrogens (tertiary/aromatic N) is 1. The topological polar surface area (TPSA) is 34.1 Å². The number of ether oxygens (including phenoxy) is 1. The van der Waals surface area contributed by atoms with Gasteiger partial charge in [-0.2, -0.15) is 0 Å². The number of halogens is 1. The third kappa shape index (κ3) is 2.45. The van der Waals surface area contributed by atoms with Crippen LogP contribution >= 0.6 is 15.9 Å². The second-order valence-corrected chi connectivity index (χ2v) is 4.23. The first-order valence-electron chi connectivity index (χ1n) is 4.84. The average Bonchev–Trinajstić information content (AvgIpc) is 2.23. The Hall–Kier alpha value is -0.610. The second kappa shape index (κ2) is 4.75. The van der Waals surface area contributed by atoms with E-state index in [4.69, 9.17) is 4.74 Å². The zero-order valence-corrected chi connectivity index (χ0v) is 9.46. The van der Waals surface area contributed by atoms with Crippen LogP contribution in [0.5, 0.6) is 5.88 Å². The fourth-order valence-corrected chi connectivity index (χ4v) is 1.88. The Morgan fingerprint density at radius 2 is 2.50 bits per heavy atom. The van der Waals surface area contributed by atoms with Crippen LogP contribution in [-0.2, 0) is 0 Å². The van der Waals surface area contributed by atoms with Crippen LogP contribution in [0.4, 0.5) is 0 Å². The summed E-state index contributed by atoms with van der Waals surface area (Å²) < 4.78 is 6.69. The number of piperidine rings is 1. The van der Waals surface area contributed by atoms with Gasteiger partial charge >= 0.3 is 0 Å². The molecule has 2 rings (SSSR count). The van der Waals surface area contributed by atoms with Gasteiger partial charge in [0.1, 0.15) is 6.10 Å². The molecular formula is C10H13BrN2O. The van der Waals surface area contributed by atoms with E-state index in [1.165, 1.54) is 6.42 Å². The molecule has 1 saturated heterocycles. The molecule has 1 aromatic rings. The lowest BCUT2D eigenvalue weighted by molar-refractivity contribution is 0.159. The van der Waals surface area contributed by atoms with Crippen LogP contribution in [0.3, 0.4) is 0 Å².